The first-order valence-corrected chi connectivity index (χ1v) is 9.61. The van der Waals surface area contributed by atoms with Crippen LogP contribution >= 0.6 is 11.8 Å². The first-order valence-electron chi connectivity index (χ1n) is 8.79. The van der Waals surface area contributed by atoms with Gasteiger partial charge in [-0.1, -0.05) is 18.2 Å². The van der Waals surface area contributed by atoms with E-state index >= 15 is 0 Å². The summed E-state index contributed by atoms with van der Waals surface area (Å²) in [6, 6.07) is 5.88. The van der Waals surface area contributed by atoms with E-state index in [4.69, 9.17) is 0 Å². The molecule has 3 rings (SSSR count). The van der Waals surface area contributed by atoms with Gasteiger partial charge < -0.3 is 5.32 Å². The maximum absolute atomic E-state index is 13.7. The van der Waals surface area contributed by atoms with Crippen molar-refractivity contribution in [3.05, 3.63) is 67.1 Å². The van der Waals surface area contributed by atoms with Crippen LogP contribution in [0.5, 0.6) is 0 Å². The predicted molar refractivity (Wildman–Crippen MR) is 106 cm³/mol. The van der Waals surface area contributed by atoms with Gasteiger partial charge in [-0.25, -0.2) is 14.3 Å². The van der Waals surface area contributed by atoms with E-state index in [0.29, 0.717) is 11.8 Å². The lowest BCUT2D eigenvalue weighted by molar-refractivity contribution is -0.124. The second kappa shape index (κ2) is 9.31. The number of nitrogens with zero attached hydrogens (tertiary/aromatic N) is 2. The Labute approximate surface area is 172 Å². The molecule has 1 aromatic heterocycles. The molecular formula is C18H16FN5O5S. The molecule has 2 heterocycles. The Morgan fingerprint density at radius 3 is 2.73 bits per heavy atom. The molecule has 156 valence electrons. The van der Waals surface area contributed by atoms with Gasteiger partial charge in [0.05, 0.1) is 4.91 Å². The number of hydrogen-bond acceptors (Lipinski definition) is 7. The molecule has 10 nitrogen and oxygen atoms in total. The number of aromatic amines is 2. The number of carbonyl (C=O) groups excluding carboxylic acids is 3. The van der Waals surface area contributed by atoms with Crippen molar-refractivity contribution in [3.8, 4) is 0 Å². The third-order valence-corrected chi connectivity index (χ3v) is 5.00. The molecule has 1 aliphatic heterocycles. The molecule has 3 amide bonds. The van der Waals surface area contributed by atoms with Crippen LogP contribution in [0, 0.1) is 5.82 Å². The summed E-state index contributed by atoms with van der Waals surface area (Å²) in [5.74, 6) is -1.49. The second-order valence-electron chi connectivity index (χ2n) is 6.16. The van der Waals surface area contributed by atoms with Gasteiger partial charge in [0.2, 0.25) is 5.91 Å². The van der Waals surface area contributed by atoms with Crippen LogP contribution in [0.3, 0.4) is 0 Å². The number of amides is 3. The van der Waals surface area contributed by atoms with E-state index in [9.17, 15) is 28.4 Å². The van der Waals surface area contributed by atoms with Gasteiger partial charge in [0.1, 0.15) is 11.5 Å². The maximum Gasteiger partial charge on any atom is 0.342 e. The number of aromatic nitrogens is 3. The van der Waals surface area contributed by atoms with Crippen molar-refractivity contribution >= 4 is 34.9 Å². The smallest absolute Gasteiger partial charge is 0.342 e. The van der Waals surface area contributed by atoms with Crippen LogP contribution in [0.1, 0.15) is 17.7 Å². The number of halogens is 1. The maximum atomic E-state index is 13.7. The van der Waals surface area contributed by atoms with E-state index in [1.54, 1.807) is 6.07 Å². The highest BCUT2D eigenvalue weighted by molar-refractivity contribution is 8.18. The number of rotatable bonds is 7. The van der Waals surface area contributed by atoms with Crippen LogP contribution in [0.2, 0.25) is 0 Å². The van der Waals surface area contributed by atoms with Crippen LogP contribution in [-0.2, 0) is 16.0 Å². The Morgan fingerprint density at radius 2 is 2.00 bits per heavy atom. The molecule has 0 radical (unpaired) electrons. The fourth-order valence-corrected chi connectivity index (χ4v) is 3.45. The number of H-pyrrole nitrogens is 2. The Hall–Kier alpha value is -3.54. The van der Waals surface area contributed by atoms with E-state index in [-0.39, 0.29) is 42.1 Å². The molecule has 0 bridgehead atoms. The standard InChI is InChI=1S/C18H16FN5O5S/c19-11-4-2-1-3-10(11)9-13-16(27)24(18(29)30-13)8-7-20-14(25)6-5-12-15(26)21-17(28)23-22-12/h1-4,9H,5-8H2,(H,20,25)(H2,21,23,26,28)/b13-9-. The van der Waals surface area contributed by atoms with Crippen LogP contribution in [0.25, 0.3) is 6.08 Å². The number of nitrogens with one attached hydrogen (secondary N) is 3. The molecule has 0 atom stereocenters. The molecule has 2 aromatic rings. The van der Waals surface area contributed by atoms with E-state index in [0.717, 1.165) is 4.90 Å². The van der Waals surface area contributed by atoms with Gasteiger partial charge in [0, 0.05) is 31.5 Å². The third-order valence-electron chi connectivity index (χ3n) is 4.09. The summed E-state index contributed by atoms with van der Waals surface area (Å²) >= 11 is 0.698. The minimum atomic E-state index is -0.741. The monoisotopic (exact) mass is 433 g/mol. The minimum absolute atomic E-state index is 0.00486. The molecular weight excluding hydrogens is 417 g/mol. The Bertz CT molecular complexity index is 1140. The quantitative estimate of drug-likeness (QED) is 0.535. The van der Waals surface area contributed by atoms with Crippen LogP contribution in [0.4, 0.5) is 9.18 Å². The average molecular weight is 433 g/mol. The summed E-state index contributed by atoms with van der Waals surface area (Å²) in [4.78, 5) is 61.8. The molecule has 0 aliphatic carbocycles. The van der Waals surface area contributed by atoms with Crippen LogP contribution in [0.15, 0.2) is 38.8 Å². The number of benzene rings is 1. The molecule has 30 heavy (non-hydrogen) atoms. The molecule has 0 unspecified atom stereocenters. The van der Waals surface area contributed by atoms with E-state index < -0.39 is 34.1 Å². The molecule has 0 spiro atoms. The first kappa shape index (κ1) is 21.2. The van der Waals surface area contributed by atoms with Crippen molar-refractivity contribution in [3.63, 3.8) is 0 Å². The van der Waals surface area contributed by atoms with Crippen molar-refractivity contribution in [2.75, 3.05) is 13.1 Å². The summed E-state index contributed by atoms with van der Waals surface area (Å²) in [5.41, 5.74) is -1.21. The summed E-state index contributed by atoms with van der Waals surface area (Å²) in [5, 5.41) is 7.67. The van der Waals surface area contributed by atoms with E-state index in [1.165, 1.54) is 24.3 Å². The number of aryl methyl sites for hydroxylation is 1. The SMILES string of the molecule is O=C(CCc1n[nH]c(=O)[nH]c1=O)NCCN1C(=O)S/C(=C\c2ccccc2F)C1=O. The molecule has 1 aliphatic rings. The fraction of sp³-hybridized carbons (Fsp3) is 0.222. The van der Waals surface area contributed by atoms with Crippen molar-refractivity contribution in [2.24, 2.45) is 0 Å². The highest BCUT2D eigenvalue weighted by Crippen LogP contribution is 2.32. The van der Waals surface area contributed by atoms with Gasteiger partial charge in [0.15, 0.2) is 0 Å². The molecule has 1 fully saturated rings. The summed E-state index contributed by atoms with van der Waals surface area (Å²) in [6.07, 6.45) is 1.25. The number of hydrogen-bond donors (Lipinski definition) is 3. The Kier molecular flexibility index (Phi) is 6.57. The Morgan fingerprint density at radius 1 is 1.23 bits per heavy atom. The zero-order valence-corrected chi connectivity index (χ0v) is 16.3. The van der Waals surface area contributed by atoms with Crippen molar-refractivity contribution in [2.45, 2.75) is 12.8 Å². The summed E-state index contributed by atoms with van der Waals surface area (Å²) in [7, 11) is 0. The lowest BCUT2D eigenvalue weighted by Crippen LogP contribution is -2.37. The molecule has 12 heteroatoms. The Balaban J connectivity index is 1.51. The normalized spacial score (nSPS) is 15.1. The first-order chi connectivity index (χ1) is 14.3. The van der Waals surface area contributed by atoms with Crippen molar-refractivity contribution in [1.82, 2.24) is 25.4 Å². The van der Waals surface area contributed by atoms with Gasteiger partial charge in [-0.05, 0) is 23.9 Å². The lowest BCUT2D eigenvalue weighted by Gasteiger charge is -2.12. The third kappa shape index (κ3) is 5.08. The second-order valence-corrected chi connectivity index (χ2v) is 7.15. The molecule has 1 saturated heterocycles. The van der Waals surface area contributed by atoms with Crippen molar-refractivity contribution in [1.29, 1.82) is 0 Å². The van der Waals surface area contributed by atoms with Gasteiger partial charge in [0.25, 0.3) is 16.7 Å². The number of thioether (sulfide) groups is 1. The minimum Gasteiger partial charge on any atom is -0.354 e. The predicted octanol–water partition coefficient (Wildman–Crippen LogP) is 0.383. The number of carbonyl (C=O) groups is 3. The highest BCUT2D eigenvalue weighted by atomic mass is 32.2. The summed E-state index contributed by atoms with van der Waals surface area (Å²) < 4.78 is 13.7. The largest absolute Gasteiger partial charge is 0.354 e. The van der Waals surface area contributed by atoms with Crippen LogP contribution in [-0.4, -0.2) is 50.2 Å². The van der Waals surface area contributed by atoms with Gasteiger partial charge in [-0.2, -0.15) is 5.10 Å². The van der Waals surface area contributed by atoms with E-state index in [2.05, 4.69) is 15.5 Å². The van der Waals surface area contributed by atoms with Gasteiger partial charge in [-0.3, -0.25) is 29.1 Å². The molecule has 0 saturated carbocycles. The molecule has 1 aromatic carbocycles. The van der Waals surface area contributed by atoms with Gasteiger partial charge in [-0.15, -0.1) is 0 Å². The highest BCUT2D eigenvalue weighted by Gasteiger charge is 2.34. The molecule has 3 N–H and O–H groups in total. The topological polar surface area (TPSA) is 145 Å². The number of imide groups is 1. The van der Waals surface area contributed by atoms with Crippen LogP contribution < -0.4 is 16.6 Å². The van der Waals surface area contributed by atoms with Crippen molar-refractivity contribution < 1.29 is 18.8 Å². The summed E-state index contributed by atoms with van der Waals surface area (Å²) in [6.45, 7) is -0.0399. The lowest BCUT2D eigenvalue weighted by atomic mass is 10.2. The zero-order valence-electron chi connectivity index (χ0n) is 15.4. The van der Waals surface area contributed by atoms with E-state index in [1.807, 2.05) is 4.98 Å². The zero-order chi connectivity index (χ0) is 21.7. The average Bonchev–Trinajstić information content (AvgIpc) is 2.96. The van der Waals surface area contributed by atoms with Gasteiger partial charge >= 0.3 is 5.69 Å². The fourth-order valence-electron chi connectivity index (χ4n) is 2.60.